The smallest absolute Gasteiger partial charge is 0.227 e. The van der Waals surface area contributed by atoms with E-state index in [1.54, 1.807) is 0 Å². The van der Waals surface area contributed by atoms with Crippen LogP contribution in [0.5, 0.6) is 0 Å². The highest BCUT2D eigenvalue weighted by molar-refractivity contribution is 5.79. The van der Waals surface area contributed by atoms with E-state index in [1.165, 1.54) is 32.4 Å². The van der Waals surface area contributed by atoms with Crippen LogP contribution in [0, 0.1) is 5.92 Å². The van der Waals surface area contributed by atoms with Gasteiger partial charge in [0.25, 0.3) is 0 Å². The van der Waals surface area contributed by atoms with Gasteiger partial charge in [-0.2, -0.15) is 0 Å². The van der Waals surface area contributed by atoms with Crippen LogP contribution in [0.15, 0.2) is 0 Å². The molecule has 2 heterocycles. The molecule has 1 amide bonds. The van der Waals surface area contributed by atoms with Gasteiger partial charge in [0, 0.05) is 25.2 Å². The molecule has 4 heteroatoms. The minimum absolute atomic E-state index is 0.0512. The standard InChI is InChI=1S/C14H27N3O/c1-11(12(2)15)14(18)17-9-5-6-13(10-17)16-7-3-4-8-16/h11-13H,3-10,15H2,1-2H3. The predicted octanol–water partition coefficient (Wildman–Crippen LogP) is 1.06. The van der Waals surface area contributed by atoms with E-state index in [9.17, 15) is 4.79 Å². The number of amides is 1. The molecule has 2 saturated heterocycles. The lowest BCUT2D eigenvalue weighted by Crippen LogP contribution is -2.51. The molecule has 0 aliphatic carbocycles. The van der Waals surface area contributed by atoms with E-state index in [0.29, 0.717) is 6.04 Å². The molecule has 0 radical (unpaired) electrons. The number of carbonyl (C=O) groups is 1. The Balaban J connectivity index is 1.91. The fraction of sp³-hybridized carbons (Fsp3) is 0.929. The summed E-state index contributed by atoms with van der Waals surface area (Å²) in [5.41, 5.74) is 5.84. The van der Waals surface area contributed by atoms with E-state index >= 15 is 0 Å². The predicted molar refractivity (Wildman–Crippen MR) is 73.2 cm³/mol. The van der Waals surface area contributed by atoms with Crippen LogP contribution >= 0.6 is 0 Å². The van der Waals surface area contributed by atoms with Gasteiger partial charge < -0.3 is 10.6 Å². The van der Waals surface area contributed by atoms with Crippen LogP contribution in [0.3, 0.4) is 0 Å². The summed E-state index contributed by atoms with van der Waals surface area (Å²) in [6.45, 7) is 8.14. The summed E-state index contributed by atoms with van der Waals surface area (Å²) >= 11 is 0. The third-order valence-corrected chi connectivity index (χ3v) is 4.54. The second-order valence-corrected chi connectivity index (χ2v) is 5.97. The van der Waals surface area contributed by atoms with Crippen molar-refractivity contribution in [2.45, 2.75) is 51.6 Å². The van der Waals surface area contributed by atoms with Gasteiger partial charge in [-0.1, -0.05) is 6.92 Å². The highest BCUT2D eigenvalue weighted by atomic mass is 16.2. The maximum atomic E-state index is 12.3. The number of piperidine rings is 1. The first-order valence-electron chi connectivity index (χ1n) is 7.38. The summed E-state index contributed by atoms with van der Waals surface area (Å²) in [5, 5.41) is 0. The molecule has 2 N–H and O–H groups in total. The lowest BCUT2D eigenvalue weighted by molar-refractivity contribution is -0.137. The van der Waals surface area contributed by atoms with Gasteiger partial charge in [0.1, 0.15) is 0 Å². The van der Waals surface area contributed by atoms with Gasteiger partial charge in [0.2, 0.25) is 5.91 Å². The van der Waals surface area contributed by atoms with Gasteiger partial charge in [-0.05, 0) is 45.7 Å². The normalized spacial score (nSPS) is 29.3. The summed E-state index contributed by atoms with van der Waals surface area (Å²) in [7, 11) is 0. The van der Waals surface area contributed by atoms with E-state index in [0.717, 1.165) is 19.5 Å². The zero-order valence-electron chi connectivity index (χ0n) is 11.8. The minimum atomic E-state index is -0.0534. The molecule has 0 aromatic rings. The van der Waals surface area contributed by atoms with Crippen molar-refractivity contribution in [2.24, 2.45) is 11.7 Å². The summed E-state index contributed by atoms with van der Waals surface area (Å²) in [5.74, 6) is 0.191. The zero-order chi connectivity index (χ0) is 13.1. The Morgan fingerprint density at radius 3 is 2.44 bits per heavy atom. The largest absolute Gasteiger partial charge is 0.341 e. The van der Waals surface area contributed by atoms with E-state index < -0.39 is 0 Å². The monoisotopic (exact) mass is 253 g/mol. The van der Waals surface area contributed by atoms with Gasteiger partial charge in [-0.25, -0.2) is 0 Å². The summed E-state index contributed by atoms with van der Waals surface area (Å²) in [4.78, 5) is 16.9. The molecule has 4 nitrogen and oxygen atoms in total. The molecule has 18 heavy (non-hydrogen) atoms. The number of hydrogen-bond acceptors (Lipinski definition) is 3. The molecule has 104 valence electrons. The Morgan fingerprint density at radius 1 is 1.17 bits per heavy atom. The van der Waals surface area contributed by atoms with E-state index in [1.807, 2.05) is 18.7 Å². The average Bonchev–Trinajstić information content (AvgIpc) is 2.91. The number of hydrogen-bond donors (Lipinski definition) is 1. The van der Waals surface area contributed by atoms with Crippen LogP contribution < -0.4 is 5.73 Å². The van der Waals surface area contributed by atoms with Gasteiger partial charge in [-0.15, -0.1) is 0 Å². The quantitative estimate of drug-likeness (QED) is 0.818. The van der Waals surface area contributed by atoms with Crippen molar-refractivity contribution >= 4 is 5.91 Å². The molecule has 0 saturated carbocycles. The van der Waals surface area contributed by atoms with Crippen molar-refractivity contribution in [3.8, 4) is 0 Å². The molecule has 2 aliphatic rings. The molecule has 2 rings (SSSR count). The van der Waals surface area contributed by atoms with Crippen molar-refractivity contribution in [1.82, 2.24) is 9.80 Å². The first-order chi connectivity index (χ1) is 8.59. The fourth-order valence-electron chi connectivity index (χ4n) is 3.07. The third kappa shape index (κ3) is 3.04. The van der Waals surface area contributed by atoms with Crippen LogP contribution in [0.2, 0.25) is 0 Å². The fourth-order valence-corrected chi connectivity index (χ4v) is 3.07. The molecule has 3 atom stereocenters. The van der Waals surface area contributed by atoms with Crippen molar-refractivity contribution in [3.05, 3.63) is 0 Å². The van der Waals surface area contributed by atoms with E-state index in [2.05, 4.69) is 4.90 Å². The Kier molecular flexibility index (Phi) is 4.62. The summed E-state index contributed by atoms with van der Waals surface area (Å²) in [6.07, 6.45) is 5.02. The second-order valence-electron chi connectivity index (χ2n) is 5.97. The highest BCUT2D eigenvalue weighted by Crippen LogP contribution is 2.21. The molecule has 2 fully saturated rings. The van der Waals surface area contributed by atoms with Crippen molar-refractivity contribution in [2.75, 3.05) is 26.2 Å². The lowest BCUT2D eigenvalue weighted by Gasteiger charge is -2.39. The Hall–Kier alpha value is -0.610. The topological polar surface area (TPSA) is 49.6 Å². The molecular formula is C14H27N3O. The van der Waals surface area contributed by atoms with Crippen LogP contribution in [-0.4, -0.2) is 54.0 Å². The first kappa shape index (κ1) is 13.8. The Labute approximate surface area is 110 Å². The molecule has 0 spiro atoms. The van der Waals surface area contributed by atoms with Crippen LogP contribution in [0.1, 0.15) is 39.5 Å². The third-order valence-electron chi connectivity index (χ3n) is 4.54. The molecular weight excluding hydrogens is 226 g/mol. The SMILES string of the molecule is CC(N)C(C)C(=O)N1CCCC(N2CCCC2)C1. The number of nitrogens with two attached hydrogens (primary N) is 1. The molecule has 0 bridgehead atoms. The average molecular weight is 253 g/mol. The maximum Gasteiger partial charge on any atom is 0.227 e. The van der Waals surface area contributed by atoms with Crippen LogP contribution in [0.4, 0.5) is 0 Å². The summed E-state index contributed by atoms with van der Waals surface area (Å²) in [6, 6.07) is 0.537. The van der Waals surface area contributed by atoms with Gasteiger partial charge in [0.15, 0.2) is 0 Å². The highest BCUT2D eigenvalue weighted by Gasteiger charge is 2.31. The van der Waals surface area contributed by atoms with E-state index in [4.69, 9.17) is 5.73 Å². The molecule has 3 unspecified atom stereocenters. The Morgan fingerprint density at radius 2 is 1.83 bits per heavy atom. The van der Waals surface area contributed by atoms with Crippen molar-refractivity contribution in [1.29, 1.82) is 0 Å². The van der Waals surface area contributed by atoms with E-state index in [-0.39, 0.29) is 17.9 Å². The maximum absolute atomic E-state index is 12.3. The zero-order valence-corrected chi connectivity index (χ0v) is 11.8. The van der Waals surface area contributed by atoms with Gasteiger partial charge in [0.05, 0.1) is 5.92 Å². The summed E-state index contributed by atoms with van der Waals surface area (Å²) < 4.78 is 0. The van der Waals surface area contributed by atoms with Crippen LogP contribution in [-0.2, 0) is 4.79 Å². The molecule has 0 aromatic carbocycles. The first-order valence-corrected chi connectivity index (χ1v) is 7.38. The Bertz CT molecular complexity index is 287. The number of nitrogens with zero attached hydrogens (tertiary/aromatic N) is 2. The van der Waals surface area contributed by atoms with Gasteiger partial charge in [-0.3, -0.25) is 9.69 Å². The van der Waals surface area contributed by atoms with Crippen molar-refractivity contribution in [3.63, 3.8) is 0 Å². The molecule has 2 aliphatic heterocycles. The number of likely N-dealkylation sites (tertiary alicyclic amines) is 2. The molecule has 0 aromatic heterocycles. The number of rotatable bonds is 3. The van der Waals surface area contributed by atoms with Gasteiger partial charge >= 0.3 is 0 Å². The van der Waals surface area contributed by atoms with Crippen LogP contribution in [0.25, 0.3) is 0 Å². The number of carbonyl (C=O) groups excluding carboxylic acids is 1. The minimum Gasteiger partial charge on any atom is -0.341 e. The van der Waals surface area contributed by atoms with Crippen molar-refractivity contribution < 1.29 is 4.79 Å². The second kappa shape index (κ2) is 6.02. The lowest BCUT2D eigenvalue weighted by atomic mass is 9.99.